The monoisotopic (exact) mass is 638 g/mol. The van der Waals surface area contributed by atoms with E-state index >= 15 is 0 Å². The fourth-order valence-corrected chi connectivity index (χ4v) is 9.39. The average Bonchev–Trinajstić information content (AvgIpc) is 3.64. The highest BCUT2D eigenvalue weighted by Gasteiger charge is 2.36. The maximum atomic E-state index is 6.32. The lowest BCUT2D eigenvalue weighted by Gasteiger charge is -2.25. The minimum Gasteiger partial charge on any atom is -0.456 e. The molecular weight excluding hydrogens is 605 g/mol. The molecule has 8 aromatic rings. The van der Waals surface area contributed by atoms with Crippen LogP contribution in [0.5, 0.6) is 0 Å². The first-order valence-corrected chi connectivity index (χ1v) is 17.8. The first-order chi connectivity index (χ1) is 24.5. The van der Waals surface area contributed by atoms with Gasteiger partial charge in [-0.05, 0) is 119 Å². The van der Waals surface area contributed by atoms with Crippen LogP contribution in [-0.2, 0) is 5.41 Å². The normalized spacial score (nSPS) is 17.4. The maximum Gasteiger partial charge on any atom is 0.136 e. The summed E-state index contributed by atoms with van der Waals surface area (Å²) < 4.78 is 6.32. The number of benzene rings is 7. The van der Waals surface area contributed by atoms with Gasteiger partial charge >= 0.3 is 0 Å². The molecule has 1 nitrogen and oxygen atoms in total. The minimum absolute atomic E-state index is 0.110. The maximum absolute atomic E-state index is 6.32. The second kappa shape index (κ2) is 10.1. The topological polar surface area (TPSA) is 13.1 Å². The Morgan fingerprint density at radius 1 is 0.580 bits per heavy atom. The summed E-state index contributed by atoms with van der Waals surface area (Å²) in [7, 11) is 0. The zero-order chi connectivity index (χ0) is 33.1. The molecule has 50 heavy (non-hydrogen) atoms. The first-order valence-electron chi connectivity index (χ1n) is 17.8. The van der Waals surface area contributed by atoms with Gasteiger partial charge in [0.1, 0.15) is 11.2 Å². The number of allylic oxidation sites excluding steroid dienone is 8. The summed E-state index contributed by atoms with van der Waals surface area (Å²) in [5, 5.41) is 10.1. The van der Waals surface area contributed by atoms with Crippen molar-refractivity contribution in [3.05, 3.63) is 174 Å². The SMILES string of the molecule is CC1(C)c2ccc(-c3c4ccccc4c(C4=CC=C5C=CC=CC5C4)c4ccccc34)cc2-c2cc3c(ccc4oc5ccccc5c43)cc21. The van der Waals surface area contributed by atoms with Gasteiger partial charge in [0.25, 0.3) is 0 Å². The lowest BCUT2D eigenvalue weighted by Crippen LogP contribution is -2.14. The molecule has 3 aliphatic rings. The lowest BCUT2D eigenvalue weighted by atomic mass is 9.78. The number of hydrogen-bond acceptors (Lipinski definition) is 1. The van der Waals surface area contributed by atoms with Crippen LogP contribution in [-0.4, -0.2) is 0 Å². The molecule has 1 heterocycles. The third-order valence-electron chi connectivity index (χ3n) is 11.8. The predicted molar refractivity (Wildman–Crippen MR) is 212 cm³/mol. The molecule has 7 aromatic carbocycles. The van der Waals surface area contributed by atoms with Gasteiger partial charge in [0.2, 0.25) is 0 Å². The van der Waals surface area contributed by atoms with Crippen LogP contribution in [0, 0.1) is 5.92 Å². The van der Waals surface area contributed by atoms with E-state index in [9.17, 15) is 0 Å². The molecule has 0 saturated carbocycles. The molecule has 0 fully saturated rings. The van der Waals surface area contributed by atoms with Gasteiger partial charge in [-0.25, -0.2) is 0 Å². The zero-order valence-electron chi connectivity index (χ0n) is 28.1. The van der Waals surface area contributed by atoms with Crippen LogP contribution in [0.3, 0.4) is 0 Å². The van der Waals surface area contributed by atoms with Gasteiger partial charge < -0.3 is 4.42 Å². The molecule has 0 radical (unpaired) electrons. The van der Waals surface area contributed by atoms with Crippen molar-refractivity contribution in [1.29, 1.82) is 0 Å². The molecule has 11 rings (SSSR count). The molecule has 0 N–H and O–H groups in total. The Morgan fingerprint density at radius 2 is 1.28 bits per heavy atom. The summed E-state index contributed by atoms with van der Waals surface area (Å²) in [6, 6.07) is 43.0. The molecule has 3 aliphatic carbocycles. The molecular formula is C49H34O. The molecule has 236 valence electrons. The predicted octanol–water partition coefficient (Wildman–Crippen LogP) is 13.5. The number of para-hydroxylation sites is 1. The number of furan rings is 1. The summed E-state index contributed by atoms with van der Waals surface area (Å²) in [6.45, 7) is 4.76. The fourth-order valence-electron chi connectivity index (χ4n) is 9.39. The summed E-state index contributed by atoms with van der Waals surface area (Å²) in [4.78, 5) is 0. The van der Waals surface area contributed by atoms with E-state index in [1.807, 2.05) is 0 Å². The highest BCUT2D eigenvalue weighted by molar-refractivity contribution is 6.21. The molecule has 0 amide bonds. The molecule has 0 saturated heterocycles. The highest BCUT2D eigenvalue weighted by Crippen LogP contribution is 2.53. The van der Waals surface area contributed by atoms with E-state index in [4.69, 9.17) is 4.42 Å². The van der Waals surface area contributed by atoms with Crippen LogP contribution in [0.1, 0.15) is 37.0 Å². The van der Waals surface area contributed by atoms with Gasteiger partial charge in [0.15, 0.2) is 0 Å². The molecule has 1 unspecified atom stereocenters. The van der Waals surface area contributed by atoms with E-state index < -0.39 is 0 Å². The van der Waals surface area contributed by atoms with Gasteiger partial charge in [0, 0.05) is 22.1 Å². The number of fused-ring (bicyclic) bond motifs is 11. The Hall–Kier alpha value is -5.92. The van der Waals surface area contributed by atoms with Crippen LogP contribution in [0.25, 0.3) is 82.1 Å². The van der Waals surface area contributed by atoms with Crippen LogP contribution < -0.4 is 0 Å². The van der Waals surface area contributed by atoms with Crippen molar-refractivity contribution in [2.45, 2.75) is 25.7 Å². The van der Waals surface area contributed by atoms with Crippen LogP contribution in [0.15, 0.2) is 162 Å². The standard InChI is InChI=1S/C49H34O/c1-49(2)42-23-21-33(26-40(42)41-28-39-31(27-43(41)49)22-24-45-48(39)38-17-9-10-18-44(38)50-45)47-36-15-7-5-13-34(36)46(35-14-6-8-16-37(35)47)32-20-19-29-11-3-4-12-30(29)25-32/h3-24,26-28,30H,25H2,1-2H3. The first kappa shape index (κ1) is 28.0. The van der Waals surface area contributed by atoms with Crippen molar-refractivity contribution >= 4 is 59.8 Å². The van der Waals surface area contributed by atoms with Crippen LogP contribution in [0.2, 0.25) is 0 Å². The third kappa shape index (κ3) is 3.78. The quantitative estimate of drug-likeness (QED) is 0.172. The Balaban J connectivity index is 1.16. The van der Waals surface area contributed by atoms with Gasteiger partial charge in [0.05, 0.1) is 0 Å². The molecule has 0 aliphatic heterocycles. The number of rotatable bonds is 2. The van der Waals surface area contributed by atoms with E-state index in [2.05, 4.69) is 166 Å². The van der Waals surface area contributed by atoms with E-state index in [0.29, 0.717) is 5.92 Å². The van der Waals surface area contributed by atoms with Crippen molar-refractivity contribution in [1.82, 2.24) is 0 Å². The average molecular weight is 639 g/mol. The van der Waals surface area contributed by atoms with Gasteiger partial charge in [-0.2, -0.15) is 0 Å². The summed E-state index contributed by atoms with van der Waals surface area (Å²) >= 11 is 0. The van der Waals surface area contributed by atoms with Crippen molar-refractivity contribution in [2.24, 2.45) is 5.92 Å². The van der Waals surface area contributed by atoms with Crippen molar-refractivity contribution < 1.29 is 4.42 Å². The largest absolute Gasteiger partial charge is 0.456 e. The van der Waals surface area contributed by atoms with E-state index in [-0.39, 0.29) is 5.41 Å². The summed E-state index contributed by atoms with van der Waals surface area (Å²) in [5.74, 6) is 0.426. The molecule has 1 atom stereocenters. The molecule has 1 aromatic heterocycles. The Morgan fingerprint density at radius 3 is 2.06 bits per heavy atom. The van der Waals surface area contributed by atoms with Crippen LogP contribution in [0.4, 0.5) is 0 Å². The van der Waals surface area contributed by atoms with Gasteiger partial charge in [-0.15, -0.1) is 0 Å². The smallest absolute Gasteiger partial charge is 0.136 e. The Labute approximate surface area is 291 Å². The number of hydrogen-bond donors (Lipinski definition) is 0. The summed E-state index contributed by atoms with van der Waals surface area (Å²) in [5.41, 5.74) is 14.0. The lowest BCUT2D eigenvalue weighted by molar-refractivity contribution is 0.661. The van der Waals surface area contributed by atoms with Gasteiger partial charge in [-0.1, -0.05) is 135 Å². The van der Waals surface area contributed by atoms with Gasteiger partial charge in [-0.3, -0.25) is 0 Å². The van der Waals surface area contributed by atoms with E-state index in [1.54, 1.807) is 0 Å². The van der Waals surface area contributed by atoms with Crippen molar-refractivity contribution in [2.75, 3.05) is 0 Å². The molecule has 0 spiro atoms. The second-order valence-corrected chi connectivity index (χ2v) is 14.8. The fraction of sp³-hybridized carbons (Fsp3) is 0.102. The third-order valence-corrected chi connectivity index (χ3v) is 11.8. The van der Waals surface area contributed by atoms with E-state index in [0.717, 1.165) is 17.6 Å². The molecule has 1 heteroatoms. The minimum atomic E-state index is -0.110. The van der Waals surface area contributed by atoms with Crippen molar-refractivity contribution in [3.8, 4) is 22.3 Å². The van der Waals surface area contributed by atoms with Crippen LogP contribution >= 0.6 is 0 Å². The second-order valence-electron chi connectivity index (χ2n) is 14.8. The molecule has 0 bridgehead atoms. The zero-order valence-corrected chi connectivity index (χ0v) is 28.1. The summed E-state index contributed by atoms with van der Waals surface area (Å²) in [6.07, 6.45) is 14.7. The Kier molecular flexibility index (Phi) is 5.63. The van der Waals surface area contributed by atoms with Crippen molar-refractivity contribution in [3.63, 3.8) is 0 Å². The van der Waals surface area contributed by atoms with E-state index in [1.165, 1.54) is 93.2 Å². The highest BCUT2D eigenvalue weighted by atomic mass is 16.3. The Bertz CT molecular complexity index is 2860.